The lowest BCUT2D eigenvalue weighted by Crippen LogP contribution is -2.48. The standard InChI is InChI=1S/C23H31N3O4S/c1-3-25-14-16-26(17-15-25)31(28,29)21-10-7-9-20(18-21)24-23(27)13-12-19-8-5-6-11-22(19)30-4-2/h5-11,18H,3-4,12-17H2,1-2H3,(H,24,27). The molecule has 31 heavy (non-hydrogen) atoms. The molecule has 3 rings (SSSR count). The van der Waals surface area contributed by atoms with Gasteiger partial charge in [-0.05, 0) is 49.7 Å². The first-order valence-electron chi connectivity index (χ1n) is 10.8. The smallest absolute Gasteiger partial charge is 0.243 e. The highest BCUT2D eigenvalue weighted by Crippen LogP contribution is 2.22. The minimum Gasteiger partial charge on any atom is -0.494 e. The van der Waals surface area contributed by atoms with Gasteiger partial charge in [-0.25, -0.2) is 8.42 Å². The quantitative estimate of drug-likeness (QED) is 0.642. The van der Waals surface area contributed by atoms with Gasteiger partial charge in [-0.1, -0.05) is 31.2 Å². The maximum Gasteiger partial charge on any atom is 0.243 e. The van der Waals surface area contributed by atoms with Gasteiger partial charge in [0.25, 0.3) is 0 Å². The minimum atomic E-state index is -3.58. The SMILES string of the molecule is CCOc1ccccc1CCC(=O)Nc1cccc(S(=O)(=O)N2CCN(CC)CC2)c1. The summed E-state index contributed by atoms with van der Waals surface area (Å²) in [5, 5.41) is 2.82. The number of hydrogen-bond acceptors (Lipinski definition) is 5. The molecule has 168 valence electrons. The van der Waals surface area contributed by atoms with Crippen molar-refractivity contribution in [2.45, 2.75) is 31.6 Å². The summed E-state index contributed by atoms with van der Waals surface area (Å²) in [5.41, 5.74) is 1.46. The zero-order chi connectivity index (χ0) is 22.3. The number of hydrogen-bond donors (Lipinski definition) is 1. The summed E-state index contributed by atoms with van der Waals surface area (Å²) in [7, 11) is -3.58. The van der Waals surface area contributed by atoms with Crippen molar-refractivity contribution in [2.75, 3.05) is 44.6 Å². The largest absolute Gasteiger partial charge is 0.494 e. The van der Waals surface area contributed by atoms with Crippen LogP contribution in [0.3, 0.4) is 0 Å². The Labute approximate surface area is 185 Å². The third-order valence-corrected chi connectivity index (χ3v) is 7.32. The molecular formula is C23H31N3O4S. The topological polar surface area (TPSA) is 78.9 Å². The van der Waals surface area contributed by atoms with Crippen LogP contribution in [-0.2, 0) is 21.2 Å². The van der Waals surface area contributed by atoms with Crippen LogP contribution in [-0.4, -0.2) is 62.9 Å². The predicted octanol–water partition coefficient (Wildman–Crippen LogP) is 2.98. The predicted molar refractivity (Wildman–Crippen MR) is 122 cm³/mol. The van der Waals surface area contributed by atoms with E-state index in [1.54, 1.807) is 18.2 Å². The molecule has 1 fully saturated rings. The molecule has 0 saturated carbocycles. The minimum absolute atomic E-state index is 0.169. The molecule has 1 N–H and O–H groups in total. The summed E-state index contributed by atoms with van der Waals surface area (Å²) in [6.45, 7) is 7.91. The Morgan fingerprint density at radius 2 is 1.77 bits per heavy atom. The molecule has 7 nitrogen and oxygen atoms in total. The van der Waals surface area contributed by atoms with Crippen molar-refractivity contribution in [1.29, 1.82) is 0 Å². The molecule has 0 atom stereocenters. The lowest BCUT2D eigenvalue weighted by atomic mass is 10.1. The van der Waals surface area contributed by atoms with E-state index in [0.29, 0.717) is 31.8 Å². The number of ether oxygens (including phenoxy) is 1. The maximum atomic E-state index is 13.0. The fourth-order valence-electron chi connectivity index (χ4n) is 3.65. The number of carbonyl (C=O) groups is 1. The summed E-state index contributed by atoms with van der Waals surface area (Å²) in [4.78, 5) is 14.9. The fraction of sp³-hybridized carbons (Fsp3) is 0.435. The molecule has 2 aromatic carbocycles. The molecule has 8 heteroatoms. The number of aryl methyl sites for hydroxylation is 1. The van der Waals surface area contributed by atoms with Gasteiger partial charge in [0.05, 0.1) is 11.5 Å². The zero-order valence-electron chi connectivity index (χ0n) is 18.2. The number of piperazine rings is 1. The first-order chi connectivity index (χ1) is 14.9. The summed E-state index contributed by atoms with van der Waals surface area (Å²) < 4.78 is 33.1. The van der Waals surface area contributed by atoms with Gasteiger partial charge in [0, 0.05) is 38.3 Å². The molecule has 0 aliphatic carbocycles. The number of rotatable bonds is 9. The first kappa shape index (κ1) is 23.2. The van der Waals surface area contributed by atoms with Crippen LogP contribution in [0.15, 0.2) is 53.4 Å². The molecule has 0 unspecified atom stereocenters. The van der Waals surface area contributed by atoms with E-state index in [0.717, 1.165) is 30.9 Å². The van der Waals surface area contributed by atoms with Gasteiger partial charge in [-0.3, -0.25) is 4.79 Å². The second-order valence-corrected chi connectivity index (χ2v) is 9.39. The normalized spacial score (nSPS) is 15.5. The van der Waals surface area contributed by atoms with Crippen LogP contribution in [0.5, 0.6) is 5.75 Å². The van der Waals surface area contributed by atoms with E-state index in [1.165, 1.54) is 10.4 Å². The highest BCUT2D eigenvalue weighted by molar-refractivity contribution is 7.89. The molecular weight excluding hydrogens is 414 g/mol. The summed E-state index contributed by atoms with van der Waals surface area (Å²) in [6, 6.07) is 14.2. The van der Waals surface area contributed by atoms with E-state index in [2.05, 4.69) is 17.1 Å². The van der Waals surface area contributed by atoms with Crippen LogP contribution in [0.2, 0.25) is 0 Å². The Kier molecular flexibility index (Phi) is 8.06. The molecule has 1 amide bonds. The van der Waals surface area contributed by atoms with Gasteiger partial charge in [0.2, 0.25) is 15.9 Å². The van der Waals surface area contributed by atoms with Crippen LogP contribution < -0.4 is 10.1 Å². The summed E-state index contributed by atoms with van der Waals surface area (Å²) in [6.07, 6.45) is 0.821. The Balaban J connectivity index is 1.62. The average molecular weight is 446 g/mol. The molecule has 0 radical (unpaired) electrons. The highest BCUT2D eigenvalue weighted by atomic mass is 32.2. The van der Waals surface area contributed by atoms with Crippen molar-refractivity contribution in [2.24, 2.45) is 0 Å². The number of sulfonamides is 1. The van der Waals surface area contributed by atoms with Gasteiger partial charge in [-0.15, -0.1) is 0 Å². The van der Waals surface area contributed by atoms with Crippen molar-refractivity contribution in [3.05, 3.63) is 54.1 Å². The molecule has 1 aliphatic heterocycles. The maximum absolute atomic E-state index is 13.0. The second kappa shape index (κ2) is 10.7. The molecule has 1 aliphatic rings. The number of anilines is 1. The van der Waals surface area contributed by atoms with Crippen molar-refractivity contribution in [3.8, 4) is 5.75 Å². The van der Waals surface area contributed by atoms with Crippen molar-refractivity contribution in [3.63, 3.8) is 0 Å². The number of nitrogens with one attached hydrogen (secondary N) is 1. The number of carbonyl (C=O) groups excluding carboxylic acids is 1. The number of amides is 1. The van der Waals surface area contributed by atoms with E-state index in [4.69, 9.17) is 4.74 Å². The molecule has 2 aromatic rings. The van der Waals surface area contributed by atoms with Crippen LogP contribution in [0.4, 0.5) is 5.69 Å². The molecule has 0 aromatic heterocycles. The van der Waals surface area contributed by atoms with Crippen LogP contribution in [0.1, 0.15) is 25.8 Å². The van der Waals surface area contributed by atoms with E-state index in [-0.39, 0.29) is 17.2 Å². The van der Waals surface area contributed by atoms with Gasteiger partial charge >= 0.3 is 0 Å². The molecule has 1 saturated heterocycles. The molecule has 1 heterocycles. The first-order valence-corrected chi connectivity index (χ1v) is 12.2. The van der Waals surface area contributed by atoms with E-state index < -0.39 is 10.0 Å². The number of nitrogens with zero attached hydrogens (tertiary/aromatic N) is 2. The van der Waals surface area contributed by atoms with Gasteiger partial charge in [0.1, 0.15) is 5.75 Å². The van der Waals surface area contributed by atoms with E-state index in [9.17, 15) is 13.2 Å². The Bertz CT molecular complexity index is 986. The lowest BCUT2D eigenvalue weighted by molar-refractivity contribution is -0.116. The lowest BCUT2D eigenvalue weighted by Gasteiger charge is -2.33. The third kappa shape index (κ3) is 6.06. The fourth-order valence-corrected chi connectivity index (χ4v) is 5.12. The third-order valence-electron chi connectivity index (χ3n) is 5.43. The monoisotopic (exact) mass is 445 g/mol. The van der Waals surface area contributed by atoms with Crippen LogP contribution >= 0.6 is 0 Å². The van der Waals surface area contributed by atoms with Gasteiger partial charge < -0.3 is 15.0 Å². The highest BCUT2D eigenvalue weighted by Gasteiger charge is 2.28. The van der Waals surface area contributed by atoms with E-state index in [1.807, 2.05) is 31.2 Å². The Morgan fingerprint density at radius 1 is 1.03 bits per heavy atom. The Hall–Kier alpha value is -2.42. The van der Waals surface area contributed by atoms with Crippen molar-refractivity contribution >= 4 is 21.6 Å². The number of para-hydroxylation sites is 1. The summed E-state index contributed by atoms with van der Waals surface area (Å²) in [5.74, 6) is 0.617. The number of benzene rings is 2. The molecule has 0 bridgehead atoms. The van der Waals surface area contributed by atoms with Crippen molar-refractivity contribution < 1.29 is 17.9 Å². The Morgan fingerprint density at radius 3 is 2.48 bits per heavy atom. The van der Waals surface area contributed by atoms with Crippen LogP contribution in [0.25, 0.3) is 0 Å². The number of likely N-dealkylation sites (N-methyl/N-ethyl adjacent to an activating group) is 1. The summed E-state index contributed by atoms with van der Waals surface area (Å²) >= 11 is 0. The second-order valence-electron chi connectivity index (χ2n) is 7.46. The van der Waals surface area contributed by atoms with Gasteiger partial charge in [-0.2, -0.15) is 4.31 Å². The zero-order valence-corrected chi connectivity index (χ0v) is 19.0. The van der Waals surface area contributed by atoms with E-state index >= 15 is 0 Å². The van der Waals surface area contributed by atoms with Crippen molar-refractivity contribution in [1.82, 2.24) is 9.21 Å². The van der Waals surface area contributed by atoms with Gasteiger partial charge in [0.15, 0.2) is 0 Å². The molecule has 0 spiro atoms. The van der Waals surface area contributed by atoms with Crippen LogP contribution in [0, 0.1) is 0 Å². The average Bonchev–Trinajstić information content (AvgIpc) is 2.79.